The molecule has 0 saturated carbocycles. The standard InChI is InChI=1S/C17H18O3S/c1-11-4-5-12(2)16(8-11)21-10-13-6-7-14(17(18)19)15(9-13)20-3/h4-9H,10H2,1-3H3,(H,18,19). The third-order valence-electron chi connectivity index (χ3n) is 3.23. The van der Waals surface area contributed by atoms with Crippen LogP contribution < -0.4 is 4.74 Å². The van der Waals surface area contributed by atoms with Crippen LogP contribution in [0.25, 0.3) is 0 Å². The topological polar surface area (TPSA) is 46.5 Å². The number of carbonyl (C=O) groups is 1. The number of benzene rings is 2. The third-order valence-corrected chi connectivity index (χ3v) is 4.46. The van der Waals surface area contributed by atoms with Crippen molar-refractivity contribution in [2.45, 2.75) is 24.5 Å². The van der Waals surface area contributed by atoms with Crippen molar-refractivity contribution in [3.05, 3.63) is 58.7 Å². The second-order valence-corrected chi connectivity index (χ2v) is 5.91. The first-order chi connectivity index (χ1) is 10.0. The Kier molecular flexibility index (Phi) is 4.91. The third kappa shape index (κ3) is 3.79. The summed E-state index contributed by atoms with van der Waals surface area (Å²) < 4.78 is 5.15. The SMILES string of the molecule is COc1cc(CSc2cc(C)ccc2C)ccc1C(=O)O. The molecule has 2 rings (SSSR count). The van der Waals surface area contributed by atoms with Crippen molar-refractivity contribution in [3.63, 3.8) is 0 Å². The number of thioether (sulfide) groups is 1. The van der Waals surface area contributed by atoms with Crippen molar-refractivity contribution >= 4 is 17.7 Å². The molecule has 0 amide bonds. The van der Waals surface area contributed by atoms with Crippen molar-refractivity contribution in [1.82, 2.24) is 0 Å². The average molecular weight is 302 g/mol. The number of rotatable bonds is 5. The predicted octanol–water partition coefficient (Wildman–Crippen LogP) is 4.30. The lowest BCUT2D eigenvalue weighted by atomic mass is 10.1. The molecule has 1 N–H and O–H groups in total. The zero-order valence-corrected chi connectivity index (χ0v) is 13.2. The van der Waals surface area contributed by atoms with E-state index in [1.54, 1.807) is 23.9 Å². The fourth-order valence-electron chi connectivity index (χ4n) is 2.03. The van der Waals surface area contributed by atoms with Crippen molar-refractivity contribution in [3.8, 4) is 5.75 Å². The highest BCUT2D eigenvalue weighted by molar-refractivity contribution is 7.98. The molecule has 0 radical (unpaired) electrons. The van der Waals surface area contributed by atoms with Crippen LogP contribution in [0.5, 0.6) is 5.75 Å². The van der Waals surface area contributed by atoms with Crippen LogP contribution in [-0.4, -0.2) is 18.2 Å². The molecule has 0 bridgehead atoms. The minimum absolute atomic E-state index is 0.193. The fraction of sp³-hybridized carbons (Fsp3) is 0.235. The van der Waals surface area contributed by atoms with Crippen LogP contribution >= 0.6 is 11.8 Å². The lowest BCUT2D eigenvalue weighted by molar-refractivity contribution is 0.0693. The molecule has 0 spiro atoms. The summed E-state index contributed by atoms with van der Waals surface area (Å²) in [5.74, 6) is 0.211. The summed E-state index contributed by atoms with van der Waals surface area (Å²) in [6, 6.07) is 11.6. The second kappa shape index (κ2) is 6.68. The molecule has 0 aliphatic heterocycles. The van der Waals surface area contributed by atoms with E-state index in [4.69, 9.17) is 9.84 Å². The van der Waals surface area contributed by atoms with E-state index < -0.39 is 5.97 Å². The summed E-state index contributed by atoms with van der Waals surface area (Å²) in [7, 11) is 1.49. The van der Waals surface area contributed by atoms with Gasteiger partial charge in [0, 0.05) is 10.6 Å². The van der Waals surface area contributed by atoms with E-state index in [9.17, 15) is 4.79 Å². The van der Waals surface area contributed by atoms with Crippen LogP contribution in [0, 0.1) is 13.8 Å². The molecule has 0 aromatic heterocycles. The van der Waals surface area contributed by atoms with Crippen molar-refractivity contribution in [1.29, 1.82) is 0 Å². The molecule has 4 heteroatoms. The molecule has 0 unspecified atom stereocenters. The van der Waals surface area contributed by atoms with Gasteiger partial charge in [-0.05, 0) is 43.2 Å². The summed E-state index contributed by atoms with van der Waals surface area (Å²) in [6.45, 7) is 4.17. The number of methoxy groups -OCH3 is 1. The molecule has 2 aromatic carbocycles. The Morgan fingerprint density at radius 1 is 1.19 bits per heavy atom. The summed E-state index contributed by atoms with van der Waals surface area (Å²) in [5, 5.41) is 9.08. The molecule has 0 aliphatic carbocycles. The molecule has 2 aromatic rings. The zero-order valence-electron chi connectivity index (χ0n) is 12.3. The van der Waals surface area contributed by atoms with Crippen molar-refractivity contribution in [2.24, 2.45) is 0 Å². The Balaban J connectivity index is 2.17. The Morgan fingerprint density at radius 3 is 2.62 bits per heavy atom. The van der Waals surface area contributed by atoms with Gasteiger partial charge >= 0.3 is 5.97 Å². The minimum atomic E-state index is -0.972. The van der Waals surface area contributed by atoms with E-state index in [-0.39, 0.29) is 5.56 Å². The minimum Gasteiger partial charge on any atom is -0.496 e. The van der Waals surface area contributed by atoms with Gasteiger partial charge in [0.05, 0.1) is 7.11 Å². The van der Waals surface area contributed by atoms with E-state index in [2.05, 4.69) is 32.0 Å². The van der Waals surface area contributed by atoms with Crippen molar-refractivity contribution < 1.29 is 14.6 Å². The van der Waals surface area contributed by atoms with Gasteiger partial charge in [-0.2, -0.15) is 0 Å². The largest absolute Gasteiger partial charge is 0.496 e. The molecular weight excluding hydrogens is 284 g/mol. The molecule has 0 heterocycles. The van der Waals surface area contributed by atoms with Gasteiger partial charge in [-0.1, -0.05) is 23.8 Å². The van der Waals surface area contributed by atoms with E-state index in [0.29, 0.717) is 5.75 Å². The predicted molar refractivity (Wildman–Crippen MR) is 85.4 cm³/mol. The van der Waals surface area contributed by atoms with Gasteiger partial charge in [-0.3, -0.25) is 0 Å². The van der Waals surface area contributed by atoms with E-state index in [0.717, 1.165) is 11.3 Å². The smallest absolute Gasteiger partial charge is 0.339 e. The van der Waals surface area contributed by atoms with Crippen LogP contribution in [0.3, 0.4) is 0 Å². The number of hydrogen-bond donors (Lipinski definition) is 1. The normalized spacial score (nSPS) is 10.4. The lowest BCUT2D eigenvalue weighted by Gasteiger charge is -2.09. The first-order valence-electron chi connectivity index (χ1n) is 6.61. The molecule has 0 fully saturated rings. The highest BCUT2D eigenvalue weighted by atomic mass is 32.2. The number of carboxylic acids is 1. The van der Waals surface area contributed by atoms with Gasteiger partial charge in [-0.15, -0.1) is 11.8 Å². The number of ether oxygens (including phenoxy) is 1. The molecule has 110 valence electrons. The lowest BCUT2D eigenvalue weighted by Crippen LogP contribution is -2.01. The highest BCUT2D eigenvalue weighted by Gasteiger charge is 2.11. The van der Waals surface area contributed by atoms with Gasteiger partial charge in [0.1, 0.15) is 11.3 Å². The Hall–Kier alpha value is -1.94. The van der Waals surface area contributed by atoms with Crippen LogP contribution in [0.2, 0.25) is 0 Å². The number of aromatic carboxylic acids is 1. The Bertz CT molecular complexity index is 665. The molecule has 3 nitrogen and oxygen atoms in total. The molecule has 21 heavy (non-hydrogen) atoms. The van der Waals surface area contributed by atoms with Crippen LogP contribution in [0.15, 0.2) is 41.3 Å². The van der Waals surface area contributed by atoms with Gasteiger partial charge < -0.3 is 9.84 Å². The van der Waals surface area contributed by atoms with Gasteiger partial charge in [0.15, 0.2) is 0 Å². The van der Waals surface area contributed by atoms with Gasteiger partial charge in [0.25, 0.3) is 0 Å². The monoisotopic (exact) mass is 302 g/mol. The molecular formula is C17H18O3S. The van der Waals surface area contributed by atoms with Crippen LogP contribution in [0.4, 0.5) is 0 Å². The first-order valence-corrected chi connectivity index (χ1v) is 7.60. The van der Waals surface area contributed by atoms with E-state index in [1.165, 1.54) is 23.1 Å². The first kappa shape index (κ1) is 15.4. The summed E-state index contributed by atoms with van der Waals surface area (Å²) >= 11 is 1.74. The summed E-state index contributed by atoms with van der Waals surface area (Å²) in [5.41, 5.74) is 3.72. The van der Waals surface area contributed by atoms with E-state index >= 15 is 0 Å². The summed E-state index contributed by atoms with van der Waals surface area (Å²) in [4.78, 5) is 12.3. The number of carboxylic acid groups (broad SMARTS) is 1. The summed E-state index contributed by atoms with van der Waals surface area (Å²) in [6.07, 6.45) is 0. The Morgan fingerprint density at radius 2 is 1.95 bits per heavy atom. The van der Waals surface area contributed by atoms with Crippen LogP contribution in [0.1, 0.15) is 27.0 Å². The number of hydrogen-bond acceptors (Lipinski definition) is 3. The van der Waals surface area contributed by atoms with Gasteiger partial charge in [0.2, 0.25) is 0 Å². The van der Waals surface area contributed by atoms with Crippen LogP contribution in [-0.2, 0) is 5.75 Å². The average Bonchev–Trinajstić information content (AvgIpc) is 2.47. The fourth-order valence-corrected chi connectivity index (χ4v) is 3.09. The second-order valence-electron chi connectivity index (χ2n) is 4.90. The highest BCUT2D eigenvalue weighted by Crippen LogP contribution is 2.29. The number of aryl methyl sites for hydroxylation is 2. The van der Waals surface area contributed by atoms with Gasteiger partial charge in [-0.25, -0.2) is 4.79 Å². The van der Waals surface area contributed by atoms with E-state index in [1.807, 2.05) is 6.07 Å². The van der Waals surface area contributed by atoms with Crippen molar-refractivity contribution in [2.75, 3.05) is 7.11 Å². The quantitative estimate of drug-likeness (QED) is 0.836. The molecule has 0 aliphatic rings. The zero-order chi connectivity index (χ0) is 15.4. The maximum atomic E-state index is 11.1. The Labute approximate surface area is 129 Å². The maximum Gasteiger partial charge on any atom is 0.339 e. The molecule has 0 saturated heterocycles. The molecule has 0 atom stereocenters. The maximum absolute atomic E-state index is 11.1.